The van der Waals surface area contributed by atoms with E-state index in [-0.39, 0.29) is 12.5 Å². The van der Waals surface area contributed by atoms with E-state index in [0.29, 0.717) is 24.8 Å². The predicted octanol–water partition coefficient (Wildman–Crippen LogP) is 2.66. The fourth-order valence-electron chi connectivity index (χ4n) is 2.26. The van der Waals surface area contributed by atoms with E-state index >= 15 is 0 Å². The van der Waals surface area contributed by atoms with Gasteiger partial charge in [-0.3, -0.25) is 4.79 Å². The van der Waals surface area contributed by atoms with E-state index < -0.39 is 5.97 Å². The molecule has 110 valence electrons. The summed E-state index contributed by atoms with van der Waals surface area (Å²) in [6.45, 7) is 0.982. The number of piperidine rings is 1. The summed E-state index contributed by atoms with van der Waals surface area (Å²) in [5.74, 6) is -0.266. The quantitative estimate of drug-likeness (QED) is 0.616. The molecule has 1 fully saturated rings. The Morgan fingerprint density at radius 1 is 1.29 bits per heavy atom. The second kappa shape index (κ2) is 7.44. The lowest BCUT2D eigenvalue weighted by molar-refractivity contribution is -0.119. The highest BCUT2D eigenvalue weighted by Crippen LogP contribution is 2.21. The van der Waals surface area contributed by atoms with Crippen LogP contribution in [-0.2, 0) is 9.53 Å². The van der Waals surface area contributed by atoms with Gasteiger partial charge in [-0.1, -0.05) is 0 Å². The van der Waals surface area contributed by atoms with Crippen LogP contribution < -0.4 is 4.90 Å². The molecular formula is C16H18N2O3. The van der Waals surface area contributed by atoms with E-state index in [1.807, 2.05) is 6.07 Å². The minimum atomic E-state index is -0.399. The van der Waals surface area contributed by atoms with Crippen LogP contribution in [-0.4, -0.2) is 25.0 Å². The molecule has 0 atom stereocenters. The van der Waals surface area contributed by atoms with E-state index in [2.05, 4.69) is 0 Å². The van der Waals surface area contributed by atoms with Crippen molar-refractivity contribution in [3.05, 3.63) is 29.8 Å². The molecule has 5 heteroatoms. The topological polar surface area (TPSA) is 70.4 Å². The summed E-state index contributed by atoms with van der Waals surface area (Å²) in [6.07, 6.45) is 3.46. The third-order valence-corrected chi connectivity index (χ3v) is 3.40. The zero-order valence-electron chi connectivity index (χ0n) is 11.9. The normalized spacial score (nSPS) is 14.6. The van der Waals surface area contributed by atoms with Crippen molar-refractivity contribution >= 4 is 17.6 Å². The number of hydrogen-bond donors (Lipinski definition) is 0. The maximum Gasteiger partial charge on any atom is 0.338 e. The van der Waals surface area contributed by atoms with E-state index in [1.54, 1.807) is 29.2 Å². The fourth-order valence-corrected chi connectivity index (χ4v) is 2.26. The first-order chi connectivity index (χ1) is 10.2. The van der Waals surface area contributed by atoms with Gasteiger partial charge >= 0.3 is 5.97 Å². The summed E-state index contributed by atoms with van der Waals surface area (Å²) in [7, 11) is 0. The smallest absolute Gasteiger partial charge is 0.338 e. The van der Waals surface area contributed by atoms with Crippen molar-refractivity contribution in [1.82, 2.24) is 0 Å². The molecule has 5 nitrogen and oxygen atoms in total. The van der Waals surface area contributed by atoms with Crippen molar-refractivity contribution < 1.29 is 14.3 Å². The predicted molar refractivity (Wildman–Crippen MR) is 77.8 cm³/mol. The Hall–Kier alpha value is -2.35. The molecule has 21 heavy (non-hydrogen) atoms. The van der Waals surface area contributed by atoms with Crippen molar-refractivity contribution in [2.45, 2.75) is 32.1 Å². The summed E-state index contributed by atoms with van der Waals surface area (Å²) in [6, 6.07) is 8.89. The first kappa shape index (κ1) is 15.0. The van der Waals surface area contributed by atoms with Gasteiger partial charge in [-0.25, -0.2) is 4.79 Å². The van der Waals surface area contributed by atoms with Crippen LogP contribution in [0.3, 0.4) is 0 Å². The second-order valence-electron chi connectivity index (χ2n) is 4.95. The molecule has 1 aromatic carbocycles. The number of hydrogen-bond acceptors (Lipinski definition) is 4. The van der Waals surface area contributed by atoms with Crippen LogP contribution >= 0.6 is 0 Å². The molecule has 0 bridgehead atoms. The molecule has 0 radical (unpaired) electrons. The zero-order chi connectivity index (χ0) is 15.1. The Morgan fingerprint density at radius 2 is 2.05 bits per heavy atom. The molecule has 1 aromatic rings. The second-order valence-corrected chi connectivity index (χ2v) is 4.95. The van der Waals surface area contributed by atoms with E-state index in [0.717, 1.165) is 25.1 Å². The summed E-state index contributed by atoms with van der Waals surface area (Å²) in [4.78, 5) is 25.4. The number of anilines is 1. The standard InChI is InChI=1S/C16H18N2O3/c17-10-2-4-12-21-16(20)13-6-8-14(9-7-13)18-11-3-1-5-15(18)19/h6-9H,1-5,11-12H2. The summed E-state index contributed by atoms with van der Waals surface area (Å²) in [5.41, 5.74) is 1.28. The fraction of sp³-hybridized carbons (Fsp3) is 0.438. The van der Waals surface area contributed by atoms with Gasteiger partial charge in [0.2, 0.25) is 5.91 Å². The minimum Gasteiger partial charge on any atom is -0.462 e. The van der Waals surface area contributed by atoms with E-state index in [9.17, 15) is 9.59 Å². The number of nitriles is 1. The molecule has 2 rings (SSSR count). The lowest BCUT2D eigenvalue weighted by Gasteiger charge is -2.26. The molecule has 1 aliphatic heterocycles. The van der Waals surface area contributed by atoms with Gasteiger partial charge in [0.05, 0.1) is 18.2 Å². The number of ether oxygens (including phenoxy) is 1. The van der Waals surface area contributed by atoms with Crippen LogP contribution in [0.5, 0.6) is 0 Å². The van der Waals surface area contributed by atoms with Crippen LogP contribution in [0, 0.1) is 11.3 Å². The molecule has 1 aliphatic rings. The molecule has 0 unspecified atom stereocenters. The zero-order valence-corrected chi connectivity index (χ0v) is 11.9. The van der Waals surface area contributed by atoms with Gasteiger partial charge in [0, 0.05) is 25.1 Å². The van der Waals surface area contributed by atoms with Crippen LogP contribution in [0.2, 0.25) is 0 Å². The molecule has 0 aromatic heterocycles. The maximum absolute atomic E-state index is 11.8. The Balaban J connectivity index is 1.93. The van der Waals surface area contributed by atoms with Crippen LogP contribution in [0.25, 0.3) is 0 Å². The van der Waals surface area contributed by atoms with Crippen molar-refractivity contribution in [3.8, 4) is 6.07 Å². The molecule has 1 heterocycles. The van der Waals surface area contributed by atoms with E-state index in [4.69, 9.17) is 10.00 Å². The number of amides is 1. The third-order valence-electron chi connectivity index (χ3n) is 3.40. The largest absolute Gasteiger partial charge is 0.462 e. The molecule has 0 N–H and O–H groups in total. The van der Waals surface area contributed by atoms with Gasteiger partial charge < -0.3 is 9.64 Å². The Bertz CT molecular complexity index is 546. The Labute approximate surface area is 124 Å². The highest BCUT2D eigenvalue weighted by atomic mass is 16.5. The van der Waals surface area contributed by atoms with Gasteiger partial charge in [0.25, 0.3) is 0 Å². The number of nitrogens with zero attached hydrogens (tertiary/aromatic N) is 2. The first-order valence-corrected chi connectivity index (χ1v) is 7.17. The molecule has 1 amide bonds. The number of rotatable bonds is 5. The summed E-state index contributed by atoms with van der Waals surface area (Å²) in [5, 5.41) is 8.40. The number of benzene rings is 1. The van der Waals surface area contributed by atoms with Gasteiger partial charge in [-0.15, -0.1) is 0 Å². The average Bonchev–Trinajstić information content (AvgIpc) is 2.52. The number of esters is 1. The first-order valence-electron chi connectivity index (χ1n) is 7.17. The van der Waals surface area contributed by atoms with Crippen LogP contribution in [0.15, 0.2) is 24.3 Å². The van der Waals surface area contributed by atoms with Crippen molar-refractivity contribution in [2.24, 2.45) is 0 Å². The highest BCUT2D eigenvalue weighted by Gasteiger charge is 2.19. The lowest BCUT2D eigenvalue weighted by atomic mass is 10.1. The van der Waals surface area contributed by atoms with E-state index in [1.165, 1.54) is 0 Å². The van der Waals surface area contributed by atoms with Gasteiger partial charge in [-0.05, 0) is 43.5 Å². The van der Waals surface area contributed by atoms with Gasteiger partial charge in [0.1, 0.15) is 0 Å². The molecule has 0 saturated carbocycles. The van der Waals surface area contributed by atoms with Crippen molar-refractivity contribution in [1.29, 1.82) is 5.26 Å². The molecular weight excluding hydrogens is 268 g/mol. The lowest BCUT2D eigenvalue weighted by Crippen LogP contribution is -2.35. The van der Waals surface area contributed by atoms with Gasteiger partial charge in [-0.2, -0.15) is 5.26 Å². The summed E-state index contributed by atoms with van der Waals surface area (Å²) >= 11 is 0. The number of unbranched alkanes of at least 4 members (excludes halogenated alkanes) is 1. The molecule has 1 saturated heterocycles. The van der Waals surface area contributed by atoms with Crippen LogP contribution in [0.4, 0.5) is 5.69 Å². The average molecular weight is 286 g/mol. The monoisotopic (exact) mass is 286 g/mol. The van der Waals surface area contributed by atoms with Crippen LogP contribution in [0.1, 0.15) is 42.5 Å². The molecule has 0 aliphatic carbocycles. The number of carbonyl (C=O) groups excluding carboxylic acids is 2. The van der Waals surface area contributed by atoms with Gasteiger partial charge in [0.15, 0.2) is 0 Å². The SMILES string of the molecule is N#CCCCOC(=O)c1ccc(N2CCCCC2=O)cc1. The Kier molecular flexibility index (Phi) is 5.33. The highest BCUT2D eigenvalue weighted by molar-refractivity contribution is 5.95. The Morgan fingerprint density at radius 3 is 2.71 bits per heavy atom. The van der Waals surface area contributed by atoms with Crippen molar-refractivity contribution in [2.75, 3.05) is 18.1 Å². The number of carbonyl (C=O) groups is 2. The third kappa shape index (κ3) is 4.06. The minimum absolute atomic E-state index is 0.132. The van der Waals surface area contributed by atoms with Crippen molar-refractivity contribution in [3.63, 3.8) is 0 Å². The molecule has 0 spiro atoms. The summed E-state index contributed by atoms with van der Waals surface area (Å²) < 4.78 is 5.07. The maximum atomic E-state index is 11.8.